The Morgan fingerprint density at radius 1 is 0.844 bits per heavy atom. The van der Waals surface area contributed by atoms with Gasteiger partial charge in [-0.25, -0.2) is 0 Å². The van der Waals surface area contributed by atoms with Gasteiger partial charge in [-0.2, -0.15) is 0 Å². The van der Waals surface area contributed by atoms with Gasteiger partial charge in [0.2, 0.25) is 0 Å². The maximum atomic E-state index is 13.1. The Labute approximate surface area is 188 Å². The van der Waals surface area contributed by atoms with E-state index in [4.69, 9.17) is 18.9 Å². The van der Waals surface area contributed by atoms with E-state index >= 15 is 0 Å². The van der Waals surface area contributed by atoms with Gasteiger partial charge in [0, 0.05) is 20.2 Å². The number of carbonyl (C=O) groups excluding carboxylic acids is 1. The first-order valence-electron chi connectivity index (χ1n) is 10.1. The number of amides is 1. The van der Waals surface area contributed by atoms with Crippen LogP contribution in [0.3, 0.4) is 0 Å². The summed E-state index contributed by atoms with van der Waals surface area (Å²) in [6, 6.07) is 19.0. The summed E-state index contributed by atoms with van der Waals surface area (Å²) in [6.45, 7) is 0.404. The van der Waals surface area contributed by atoms with Crippen molar-refractivity contribution in [3.05, 3.63) is 71.8 Å². The number of anilines is 2. The predicted molar refractivity (Wildman–Crippen MR) is 125 cm³/mol. The maximum Gasteiger partial charge on any atom is 0.259 e. The van der Waals surface area contributed by atoms with E-state index in [1.807, 2.05) is 54.6 Å². The van der Waals surface area contributed by atoms with Gasteiger partial charge < -0.3 is 29.2 Å². The predicted octanol–water partition coefficient (Wildman–Crippen LogP) is 4.74. The van der Waals surface area contributed by atoms with E-state index in [9.17, 15) is 4.79 Å². The highest BCUT2D eigenvalue weighted by Crippen LogP contribution is 2.46. The molecule has 7 nitrogen and oxygen atoms in total. The molecular formula is C25H28N2O5. The largest absolute Gasteiger partial charge is 0.496 e. The van der Waals surface area contributed by atoms with Gasteiger partial charge in [-0.3, -0.25) is 4.79 Å². The summed E-state index contributed by atoms with van der Waals surface area (Å²) in [7, 11) is 7.93. The van der Waals surface area contributed by atoms with Crippen molar-refractivity contribution in [3.63, 3.8) is 0 Å². The highest BCUT2D eigenvalue weighted by molar-refractivity contribution is 6.05. The number of rotatable bonds is 9. The molecule has 0 spiro atoms. The molecule has 0 heterocycles. The molecule has 3 aromatic rings. The van der Waals surface area contributed by atoms with Crippen LogP contribution in [-0.2, 0) is 6.61 Å². The Balaban J connectivity index is 2.07. The lowest BCUT2D eigenvalue weighted by Gasteiger charge is -2.23. The van der Waals surface area contributed by atoms with E-state index in [-0.39, 0.29) is 5.91 Å². The first-order chi connectivity index (χ1) is 15.5. The highest BCUT2D eigenvalue weighted by atomic mass is 16.5. The van der Waals surface area contributed by atoms with E-state index in [2.05, 4.69) is 5.32 Å². The molecule has 3 rings (SSSR count). The van der Waals surface area contributed by atoms with Crippen LogP contribution in [0.2, 0.25) is 0 Å². The molecule has 168 valence electrons. The first-order valence-corrected chi connectivity index (χ1v) is 10.1. The molecule has 0 bridgehead atoms. The standard InChI is InChI=1S/C25H28N2O5/c1-27(2)25(28)22-20(29-3)15-21(30-4)24(31-5)23(22)26-18-13-9-10-14-19(18)32-16-17-11-7-6-8-12-17/h6-15,26H,16H2,1-5H3. The molecule has 0 aromatic heterocycles. The molecule has 0 saturated carbocycles. The summed E-state index contributed by atoms with van der Waals surface area (Å²) >= 11 is 0. The Bertz CT molecular complexity index is 1070. The number of hydrogen-bond acceptors (Lipinski definition) is 6. The molecule has 32 heavy (non-hydrogen) atoms. The third kappa shape index (κ3) is 4.88. The number of nitrogens with zero attached hydrogens (tertiary/aromatic N) is 1. The van der Waals surface area contributed by atoms with Crippen molar-refractivity contribution >= 4 is 17.3 Å². The minimum atomic E-state index is -0.243. The van der Waals surface area contributed by atoms with E-state index < -0.39 is 0 Å². The quantitative estimate of drug-likeness (QED) is 0.523. The Kier molecular flexibility index (Phi) is 7.44. The molecule has 0 saturated heterocycles. The van der Waals surface area contributed by atoms with Gasteiger partial charge in [0.25, 0.3) is 5.91 Å². The first kappa shape index (κ1) is 22.8. The molecule has 0 radical (unpaired) electrons. The second kappa shape index (κ2) is 10.4. The SMILES string of the molecule is COc1cc(OC)c(C(=O)N(C)C)c(Nc2ccccc2OCc2ccccc2)c1OC. The van der Waals surface area contributed by atoms with Crippen molar-refractivity contribution < 1.29 is 23.7 Å². The van der Waals surface area contributed by atoms with E-state index in [0.717, 1.165) is 5.56 Å². The van der Waals surface area contributed by atoms with Crippen LogP contribution in [0.5, 0.6) is 23.0 Å². The van der Waals surface area contributed by atoms with Crippen LogP contribution in [0.15, 0.2) is 60.7 Å². The number of ether oxygens (including phenoxy) is 4. The van der Waals surface area contributed by atoms with Crippen LogP contribution in [0.1, 0.15) is 15.9 Å². The number of methoxy groups -OCH3 is 3. The normalized spacial score (nSPS) is 10.3. The van der Waals surface area contributed by atoms with Crippen LogP contribution >= 0.6 is 0 Å². The fourth-order valence-electron chi connectivity index (χ4n) is 3.25. The van der Waals surface area contributed by atoms with Crippen molar-refractivity contribution in [3.8, 4) is 23.0 Å². The summed E-state index contributed by atoms with van der Waals surface area (Å²) in [4.78, 5) is 14.6. The van der Waals surface area contributed by atoms with E-state index in [1.54, 1.807) is 20.2 Å². The van der Waals surface area contributed by atoms with Crippen LogP contribution in [0.4, 0.5) is 11.4 Å². The average molecular weight is 437 g/mol. The van der Waals surface area contributed by atoms with E-state index in [1.165, 1.54) is 26.2 Å². The summed E-state index contributed by atoms with van der Waals surface area (Å²) < 4.78 is 22.7. The number of para-hydroxylation sites is 2. The van der Waals surface area contributed by atoms with Gasteiger partial charge in [-0.15, -0.1) is 0 Å². The van der Waals surface area contributed by atoms with Gasteiger partial charge in [0.05, 0.1) is 27.0 Å². The number of nitrogens with one attached hydrogen (secondary N) is 1. The van der Waals surface area contributed by atoms with Crippen molar-refractivity contribution in [2.45, 2.75) is 6.61 Å². The molecule has 1 amide bonds. The zero-order valence-electron chi connectivity index (χ0n) is 19.0. The molecule has 0 unspecified atom stereocenters. The molecule has 3 aromatic carbocycles. The average Bonchev–Trinajstić information content (AvgIpc) is 2.82. The Hall–Kier alpha value is -3.87. The summed E-state index contributed by atoms with van der Waals surface area (Å²) in [6.07, 6.45) is 0. The van der Waals surface area contributed by atoms with Gasteiger partial charge in [0.1, 0.15) is 29.4 Å². The number of carbonyl (C=O) groups is 1. The molecule has 0 fully saturated rings. The van der Waals surface area contributed by atoms with Gasteiger partial charge in [-0.1, -0.05) is 42.5 Å². The van der Waals surface area contributed by atoms with Crippen molar-refractivity contribution in [1.82, 2.24) is 4.90 Å². The van der Waals surface area contributed by atoms with Gasteiger partial charge >= 0.3 is 0 Å². The third-order valence-electron chi connectivity index (χ3n) is 4.86. The Morgan fingerprint density at radius 2 is 1.50 bits per heavy atom. The van der Waals surface area contributed by atoms with Crippen molar-refractivity contribution in [1.29, 1.82) is 0 Å². The third-order valence-corrected chi connectivity index (χ3v) is 4.86. The minimum Gasteiger partial charge on any atom is -0.496 e. The van der Waals surface area contributed by atoms with Crippen molar-refractivity contribution in [2.24, 2.45) is 0 Å². The van der Waals surface area contributed by atoms with Crippen molar-refractivity contribution in [2.75, 3.05) is 40.7 Å². The molecule has 0 aliphatic rings. The second-order valence-corrected chi connectivity index (χ2v) is 7.16. The topological polar surface area (TPSA) is 69.3 Å². The number of hydrogen-bond donors (Lipinski definition) is 1. The maximum absolute atomic E-state index is 13.1. The molecule has 0 atom stereocenters. The molecule has 1 N–H and O–H groups in total. The molecular weight excluding hydrogens is 408 g/mol. The fraction of sp³-hybridized carbons (Fsp3) is 0.240. The van der Waals surface area contributed by atoms with E-state index in [0.29, 0.717) is 46.5 Å². The highest BCUT2D eigenvalue weighted by Gasteiger charge is 2.27. The van der Waals surface area contributed by atoms with Gasteiger partial charge in [0.15, 0.2) is 11.5 Å². The Morgan fingerprint density at radius 3 is 2.12 bits per heavy atom. The van der Waals surface area contributed by atoms with Crippen LogP contribution in [0, 0.1) is 0 Å². The summed E-state index contributed by atoms with van der Waals surface area (Å²) in [5, 5.41) is 3.32. The lowest BCUT2D eigenvalue weighted by atomic mass is 10.1. The van der Waals surface area contributed by atoms with Crippen LogP contribution in [0.25, 0.3) is 0 Å². The molecule has 0 aliphatic carbocycles. The number of benzene rings is 3. The molecule has 7 heteroatoms. The van der Waals surface area contributed by atoms with Crippen LogP contribution in [-0.4, -0.2) is 46.2 Å². The monoisotopic (exact) mass is 436 g/mol. The van der Waals surface area contributed by atoms with Gasteiger partial charge in [-0.05, 0) is 17.7 Å². The lowest BCUT2D eigenvalue weighted by molar-refractivity contribution is 0.0825. The van der Waals surface area contributed by atoms with Crippen LogP contribution < -0.4 is 24.3 Å². The second-order valence-electron chi connectivity index (χ2n) is 7.16. The zero-order valence-corrected chi connectivity index (χ0v) is 19.0. The summed E-state index contributed by atoms with van der Waals surface area (Å²) in [5.41, 5.74) is 2.47. The fourth-order valence-corrected chi connectivity index (χ4v) is 3.25. The zero-order chi connectivity index (χ0) is 23.1. The molecule has 0 aliphatic heterocycles. The summed E-state index contributed by atoms with van der Waals surface area (Å²) in [5.74, 6) is 1.57. The lowest BCUT2D eigenvalue weighted by Crippen LogP contribution is -2.23. The smallest absolute Gasteiger partial charge is 0.259 e. The minimum absolute atomic E-state index is 0.243.